The highest BCUT2D eigenvalue weighted by molar-refractivity contribution is 5.99. The summed E-state index contributed by atoms with van der Waals surface area (Å²) in [5.74, 6) is -0.627. The van der Waals surface area contributed by atoms with Crippen LogP contribution in [-0.4, -0.2) is 30.1 Å². The van der Waals surface area contributed by atoms with Gasteiger partial charge in [-0.15, -0.1) is 0 Å². The Labute approximate surface area is 180 Å². The van der Waals surface area contributed by atoms with Crippen LogP contribution in [-0.2, 0) is 4.74 Å². The third kappa shape index (κ3) is 3.88. The molecule has 0 N–H and O–H groups in total. The Morgan fingerprint density at radius 3 is 2.52 bits per heavy atom. The van der Waals surface area contributed by atoms with Gasteiger partial charge in [0.1, 0.15) is 11.4 Å². The van der Waals surface area contributed by atoms with E-state index in [9.17, 15) is 14.0 Å². The predicted octanol–water partition coefficient (Wildman–Crippen LogP) is 4.91. The van der Waals surface area contributed by atoms with Crippen LogP contribution in [0.15, 0.2) is 45.6 Å². The Morgan fingerprint density at radius 2 is 1.84 bits per heavy atom. The molecule has 3 aromatic rings. The van der Waals surface area contributed by atoms with Crippen molar-refractivity contribution in [2.24, 2.45) is 0 Å². The van der Waals surface area contributed by atoms with Gasteiger partial charge in [-0.3, -0.25) is 9.59 Å². The van der Waals surface area contributed by atoms with Gasteiger partial charge in [-0.1, -0.05) is 18.2 Å². The molecule has 1 aromatic heterocycles. The smallest absolute Gasteiger partial charge is 0.290 e. The van der Waals surface area contributed by atoms with Crippen LogP contribution in [0, 0.1) is 19.7 Å². The molecule has 1 aliphatic rings. The molecule has 4 rings (SSSR count). The van der Waals surface area contributed by atoms with Crippen LogP contribution in [0.2, 0.25) is 0 Å². The number of benzene rings is 2. The van der Waals surface area contributed by atoms with Crippen LogP contribution in [0.3, 0.4) is 0 Å². The van der Waals surface area contributed by atoms with E-state index in [2.05, 4.69) is 0 Å². The maximum absolute atomic E-state index is 13.6. The summed E-state index contributed by atoms with van der Waals surface area (Å²) in [5, 5.41) is 0.459. The van der Waals surface area contributed by atoms with Gasteiger partial charge >= 0.3 is 0 Å². The highest BCUT2D eigenvalue weighted by Gasteiger charge is 2.42. The zero-order chi connectivity index (χ0) is 22.3. The molecule has 0 spiro atoms. The molecule has 0 radical (unpaired) electrons. The molecule has 0 saturated carbocycles. The van der Waals surface area contributed by atoms with Crippen LogP contribution in [0.1, 0.15) is 59.1 Å². The normalized spacial score (nSPS) is 15.9. The Bertz CT molecular complexity index is 1200. The molecule has 0 bridgehead atoms. The van der Waals surface area contributed by atoms with Crippen molar-refractivity contribution < 1.29 is 18.3 Å². The molecule has 1 amide bonds. The van der Waals surface area contributed by atoms with Crippen molar-refractivity contribution in [1.29, 1.82) is 0 Å². The Morgan fingerprint density at radius 1 is 1.13 bits per heavy atom. The number of fused-ring (bicyclic) bond motifs is 2. The van der Waals surface area contributed by atoms with Crippen molar-refractivity contribution in [2.45, 2.75) is 46.3 Å². The maximum Gasteiger partial charge on any atom is 0.290 e. The minimum Gasteiger partial charge on any atom is -0.450 e. The Hall–Kier alpha value is -2.99. The molecule has 162 valence electrons. The van der Waals surface area contributed by atoms with E-state index >= 15 is 0 Å². The van der Waals surface area contributed by atoms with Gasteiger partial charge in [-0.25, -0.2) is 4.39 Å². The zero-order valence-electron chi connectivity index (χ0n) is 18.2. The summed E-state index contributed by atoms with van der Waals surface area (Å²) in [7, 11) is 0. The molecule has 1 aliphatic heterocycles. The van der Waals surface area contributed by atoms with Gasteiger partial charge in [0.05, 0.1) is 23.1 Å². The fraction of sp³-hybridized carbons (Fsp3) is 0.360. The van der Waals surface area contributed by atoms with Crippen LogP contribution in [0.4, 0.5) is 4.39 Å². The van der Waals surface area contributed by atoms with Gasteiger partial charge in [-0.2, -0.15) is 0 Å². The first-order chi connectivity index (χ1) is 14.8. The first-order valence-electron chi connectivity index (χ1n) is 10.5. The standard InChI is InChI=1S/C25H26FNO4/c1-14(2)30-11-5-10-27-21(17-6-8-18(26)9-7-17)20-22(28)19-13-15(3)12-16(4)23(19)31-24(20)25(27)29/h6-9,12-14,21H,5,10-11H2,1-4H3. The van der Waals surface area contributed by atoms with E-state index in [0.717, 1.165) is 11.1 Å². The highest BCUT2D eigenvalue weighted by Crippen LogP contribution is 2.38. The van der Waals surface area contributed by atoms with Gasteiger partial charge in [0.2, 0.25) is 5.76 Å². The van der Waals surface area contributed by atoms with Gasteiger partial charge in [-0.05, 0) is 69.0 Å². The number of hydrogen-bond acceptors (Lipinski definition) is 4. The van der Waals surface area contributed by atoms with Crippen molar-refractivity contribution in [3.63, 3.8) is 0 Å². The summed E-state index contributed by atoms with van der Waals surface area (Å²) >= 11 is 0. The maximum atomic E-state index is 13.6. The Balaban J connectivity index is 1.85. The van der Waals surface area contributed by atoms with Crippen molar-refractivity contribution in [1.82, 2.24) is 4.90 Å². The third-order valence-electron chi connectivity index (χ3n) is 5.58. The molecule has 0 saturated heterocycles. The molecule has 1 atom stereocenters. The van der Waals surface area contributed by atoms with Gasteiger partial charge < -0.3 is 14.1 Å². The lowest BCUT2D eigenvalue weighted by Crippen LogP contribution is -2.31. The first kappa shape index (κ1) is 21.2. The number of hydrogen-bond donors (Lipinski definition) is 0. The van der Waals surface area contributed by atoms with Gasteiger partial charge in [0.15, 0.2) is 5.43 Å². The van der Waals surface area contributed by atoms with Crippen LogP contribution in [0.5, 0.6) is 0 Å². The van der Waals surface area contributed by atoms with Crippen LogP contribution < -0.4 is 5.43 Å². The SMILES string of the molecule is Cc1cc(C)c2oc3c(c(=O)c2c1)C(c1ccc(F)cc1)N(CCCOC(C)C)C3=O. The van der Waals surface area contributed by atoms with E-state index in [0.29, 0.717) is 41.7 Å². The van der Waals surface area contributed by atoms with Crippen molar-refractivity contribution in [3.05, 3.63) is 80.5 Å². The molecular weight excluding hydrogens is 397 g/mol. The molecule has 0 fully saturated rings. The monoisotopic (exact) mass is 423 g/mol. The summed E-state index contributed by atoms with van der Waals surface area (Å²) in [6.45, 7) is 8.58. The lowest BCUT2D eigenvalue weighted by atomic mass is 9.97. The molecule has 0 aliphatic carbocycles. The second-order valence-corrected chi connectivity index (χ2v) is 8.36. The predicted molar refractivity (Wildman–Crippen MR) is 117 cm³/mol. The minimum atomic E-state index is -0.622. The third-order valence-corrected chi connectivity index (χ3v) is 5.58. The molecule has 5 nitrogen and oxygen atoms in total. The van der Waals surface area contributed by atoms with E-state index in [-0.39, 0.29) is 29.0 Å². The van der Waals surface area contributed by atoms with E-state index in [4.69, 9.17) is 9.15 Å². The molecule has 2 heterocycles. The van der Waals surface area contributed by atoms with E-state index in [1.165, 1.54) is 12.1 Å². The lowest BCUT2D eigenvalue weighted by Gasteiger charge is -2.25. The number of aryl methyl sites for hydroxylation is 2. The molecule has 31 heavy (non-hydrogen) atoms. The first-order valence-corrected chi connectivity index (χ1v) is 10.5. The van der Waals surface area contributed by atoms with Crippen molar-refractivity contribution in [3.8, 4) is 0 Å². The summed E-state index contributed by atoms with van der Waals surface area (Å²) in [6.07, 6.45) is 0.709. The number of carbonyl (C=O) groups excluding carboxylic acids is 1. The van der Waals surface area contributed by atoms with Gasteiger partial charge in [0.25, 0.3) is 5.91 Å². The molecule has 6 heteroatoms. The molecular formula is C25H26FNO4. The average Bonchev–Trinajstić information content (AvgIpc) is 2.99. The van der Waals surface area contributed by atoms with Gasteiger partial charge in [0, 0.05) is 13.2 Å². The summed E-state index contributed by atoms with van der Waals surface area (Å²) in [6, 6.07) is 9.01. The average molecular weight is 423 g/mol. The highest BCUT2D eigenvalue weighted by atomic mass is 19.1. The van der Waals surface area contributed by atoms with Crippen LogP contribution in [0.25, 0.3) is 11.0 Å². The Kier molecular flexibility index (Phi) is 5.67. The number of halogens is 1. The summed E-state index contributed by atoms with van der Waals surface area (Å²) in [4.78, 5) is 28.5. The second-order valence-electron chi connectivity index (χ2n) is 8.36. The fourth-order valence-corrected chi connectivity index (χ4v) is 4.25. The van der Waals surface area contributed by atoms with E-state index in [1.807, 2.05) is 33.8 Å². The lowest BCUT2D eigenvalue weighted by molar-refractivity contribution is 0.0593. The fourth-order valence-electron chi connectivity index (χ4n) is 4.25. The quantitative estimate of drug-likeness (QED) is 0.529. The summed E-state index contributed by atoms with van der Waals surface area (Å²) in [5.41, 5.74) is 2.97. The van der Waals surface area contributed by atoms with Crippen LogP contribution >= 0.6 is 0 Å². The number of amides is 1. The number of carbonyl (C=O) groups is 1. The number of nitrogens with zero attached hydrogens (tertiary/aromatic N) is 1. The zero-order valence-corrected chi connectivity index (χ0v) is 18.2. The second kappa shape index (κ2) is 8.27. The largest absolute Gasteiger partial charge is 0.450 e. The van der Waals surface area contributed by atoms with E-state index < -0.39 is 6.04 Å². The minimum absolute atomic E-state index is 0.0727. The number of ether oxygens (including phenoxy) is 1. The van der Waals surface area contributed by atoms with Crippen molar-refractivity contribution in [2.75, 3.05) is 13.2 Å². The van der Waals surface area contributed by atoms with E-state index in [1.54, 1.807) is 23.1 Å². The topological polar surface area (TPSA) is 59.8 Å². The number of rotatable bonds is 6. The summed E-state index contributed by atoms with van der Waals surface area (Å²) < 4.78 is 25.2. The van der Waals surface area contributed by atoms with Crippen molar-refractivity contribution >= 4 is 16.9 Å². The molecule has 2 aromatic carbocycles. The molecule has 1 unspecified atom stereocenters.